The summed E-state index contributed by atoms with van der Waals surface area (Å²) in [5.74, 6) is 1.81. The highest BCUT2D eigenvalue weighted by molar-refractivity contribution is 14.0. The van der Waals surface area contributed by atoms with Crippen molar-refractivity contribution >= 4 is 35.6 Å². The van der Waals surface area contributed by atoms with Crippen LogP contribution in [0.3, 0.4) is 0 Å². The topological polar surface area (TPSA) is 57.9 Å². The zero-order valence-electron chi connectivity index (χ0n) is 16.6. The van der Waals surface area contributed by atoms with Crippen molar-refractivity contribution in [1.82, 2.24) is 19.8 Å². The highest BCUT2D eigenvalue weighted by atomic mass is 127. The van der Waals surface area contributed by atoms with Gasteiger partial charge in [-0.1, -0.05) is 6.07 Å². The van der Waals surface area contributed by atoms with Gasteiger partial charge in [-0.25, -0.2) is 9.98 Å². The quantitative estimate of drug-likeness (QED) is 0.361. The molecular weight excluding hydrogens is 493 g/mol. The molecule has 1 aliphatic heterocycles. The first kappa shape index (κ1) is 23.2. The number of nitrogens with one attached hydrogen (secondary N) is 1. The number of imidazole rings is 1. The average molecular weight is 520 g/mol. The minimum absolute atomic E-state index is 0. The number of nitrogens with zero attached hydrogens (tertiary/aromatic N) is 5. The summed E-state index contributed by atoms with van der Waals surface area (Å²) in [5, 5.41) is 3.25. The van der Waals surface area contributed by atoms with Crippen LogP contribution < -0.4 is 15.0 Å². The van der Waals surface area contributed by atoms with E-state index >= 15 is 0 Å². The van der Waals surface area contributed by atoms with Crippen LogP contribution in [0.2, 0.25) is 0 Å². The smallest absolute Gasteiger partial charge is 0.319 e. The van der Waals surface area contributed by atoms with E-state index in [0.717, 1.165) is 48.1 Å². The second kappa shape index (κ2) is 11.2. The molecule has 0 aliphatic carbocycles. The molecular formula is C19H27F2IN6O. The van der Waals surface area contributed by atoms with Crippen LogP contribution in [-0.4, -0.2) is 60.2 Å². The lowest BCUT2D eigenvalue weighted by Gasteiger charge is -2.37. The zero-order valence-corrected chi connectivity index (χ0v) is 18.9. The molecule has 2 heterocycles. The van der Waals surface area contributed by atoms with Crippen molar-refractivity contribution in [1.29, 1.82) is 0 Å². The monoisotopic (exact) mass is 520 g/mol. The van der Waals surface area contributed by atoms with E-state index in [9.17, 15) is 8.78 Å². The molecule has 3 rings (SSSR count). The minimum Gasteiger partial charge on any atom is -0.497 e. The summed E-state index contributed by atoms with van der Waals surface area (Å²) in [6.45, 7) is 3.43. The summed E-state index contributed by atoms with van der Waals surface area (Å²) in [5.41, 5.74) is 1.12. The predicted molar refractivity (Wildman–Crippen MR) is 120 cm³/mol. The summed E-state index contributed by atoms with van der Waals surface area (Å²) in [6.07, 6.45) is 2.65. The Bertz CT molecular complexity index is 793. The molecule has 1 aromatic carbocycles. The van der Waals surface area contributed by atoms with E-state index in [2.05, 4.69) is 31.2 Å². The molecule has 1 N–H and O–H groups in total. The Labute approximate surface area is 186 Å². The average Bonchev–Trinajstić information content (AvgIpc) is 3.20. The van der Waals surface area contributed by atoms with Gasteiger partial charge in [0.15, 0.2) is 5.96 Å². The van der Waals surface area contributed by atoms with Crippen LogP contribution in [0, 0.1) is 0 Å². The van der Waals surface area contributed by atoms with Crippen LogP contribution in [0.25, 0.3) is 0 Å². The highest BCUT2D eigenvalue weighted by Crippen LogP contribution is 2.22. The number of hydrogen-bond donors (Lipinski definition) is 1. The molecule has 1 aromatic heterocycles. The number of aliphatic imine (C=N–C) groups is 1. The zero-order chi connectivity index (χ0) is 19.9. The van der Waals surface area contributed by atoms with Crippen molar-refractivity contribution in [3.63, 3.8) is 0 Å². The molecule has 7 nitrogen and oxygen atoms in total. The molecule has 0 amide bonds. The van der Waals surface area contributed by atoms with E-state index in [1.54, 1.807) is 7.11 Å². The van der Waals surface area contributed by atoms with Gasteiger partial charge in [0.2, 0.25) is 0 Å². The Morgan fingerprint density at radius 1 is 1.28 bits per heavy atom. The first-order chi connectivity index (χ1) is 13.6. The Hall–Kier alpha value is -2.11. The van der Waals surface area contributed by atoms with Gasteiger partial charge in [-0.3, -0.25) is 4.57 Å². The molecule has 10 heteroatoms. The molecule has 0 spiro atoms. The highest BCUT2D eigenvalue weighted by Gasteiger charge is 2.20. The Morgan fingerprint density at radius 2 is 2.03 bits per heavy atom. The van der Waals surface area contributed by atoms with Gasteiger partial charge in [-0.15, -0.1) is 24.0 Å². The summed E-state index contributed by atoms with van der Waals surface area (Å²) in [4.78, 5) is 13.0. The first-order valence-electron chi connectivity index (χ1n) is 9.34. The number of guanidine groups is 1. The second-order valence-electron chi connectivity index (χ2n) is 6.37. The van der Waals surface area contributed by atoms with Crippen LogP contribution in [0.15, 0.2) is 41.7 Å². The summed E-state index contributed by atoms with van der Waals surface area (Å²) in [7, 11) is 1.66. The van der Waals surface area contributed by atoms with Gasteiger partial charge in [0.1, 0.15) is 18.1 Å². The van der Waals surface area contributed by atoms with E-state index in [-0.39, 0.29) is 36.3 Å². The van der Waals surface area contributed by atoms with Crippen molar-refractivity contribution in [2.45, 2.75) is 20.0 Å². The molecule has 0 unspecified atom stereocenters. The summed E-state index contributed by atoms with van der Waals surface area (Å²) in [6, 6.07) is 8.01. The number of rotatable bonds is 6. The molecule has 1 saturated heterocycles. The number of piperazine rings is 1. The molecule has 0 radical (unpaired) electrons. The van der Waals surface area contributed by atoms with Crippen LogP contribution in [-0.2, 0) is 6.54 Å². The van der Waals surface area contributed by atoms with Gasteiger partial charge < -0.3 is 19.9 Å². The van der Waals surface area contributed by atoms with E-state index in [1.807, 2.05) is 25.1 Å². The van der Waals surface area contributed by atoms with Crippen molar-refractivity contribution in [3.05, 3.63) is 42.5 Å². The number of benzene rings is 1. The lowest BCUT2D eigenvalue weighted by Crippen LogP contribution is -2.52. The Morgan fingerprint density at radius 3 is 2.69 bits per heavy atom. The molecule has 1 aliphatic rings. The van der Waals surface area contributed by atoms with Gasteiger partial charge >= 0.3 is 6.55 Å². The van der Waals surface area contributed by atoms with E-state index < -0.39 is 6.55 Å². The first-order valence-corrected chi connectivity index (χ1v) is 9.34. The third-order valence-electron chi connectivity index (χ3n) is 4.66. The summed E-state index contributed by atoms with van der Waals surface area (Å²) < 4.78 is 32.1. The molecule has 0 bridgehead atoms. The maximum absolute atomic E-state index is 13.0. The van der Waals surface area contributed by atoms with Gasteiger partial charge in [0.25, 0.3) is 0 Å². The van der Waals surface area contributed by atoms with E-state index in [4.69, 9.17) is 4.74 Å². The minimum atomic E-state index is -2.61. The number of aromatic nitrogens is 2. The van der Waals surface area contributed by atoms with Crippen molar-refractivity contribution < 1.29 is 13.5 Å². The van der Waals surface area contributed by atoms with Gasteiger partial charge in [-0.2, -0.15) is 8.78 Å². The molecule has 1 fully saturated rings. The van der Waals surface area contributed by atoms with Gasteiger partial charge in [0, 0.05) is 56.9 Å². The van der Waals surface area contributed by atoms with Crippen LogP contribution in [0.1, 0.15) is 19.3 Å². The fourth-order valence-corrected chi connectivity index (χ4v) is 3.20. The number of anilines is 1. The van der Waals surface area contributed by atoms with Crippen molar-refractivity contribution in [2.24, 2.45) is 4.99 Å². The Kier molecular flexibility index (Phi) is 8.93. The fourth-order valence-electron chi connectivity index (χ4n) is 3.20. The maximum atomic E-state index is 13.0. The third kappa shape index (κ3) is 5.94. The van der Waals surface area contributed by atoms with Gasteiger partial charge in [0.05, 0.1) is 7.11 Å². The molecule has 160 valence electrons. The summed E-state index contributed by atoms with van der Waals surface area (Å²) >= 11 is 0. The van der Waals surface area contributed by atoms with Crippen molar-refractivity contribution in [2.75, 3.05) is 44.7 Å². The molecule has 29 heavy (non-hydrogen) atoms. The van der Waals surface area contributed by atoms with Crippen LogP contribution in [0.5, 0.6) is 5.75 Å². The number of methoxy groups -OCH3 is 1. The lowest BCUT2D eigenvalue weighted by atomic mass is 10.2. The normalized spacial score (nSPS) is 14.7. The van der Waals surface area contributed by atoms with Crippen molar-refractivity contribution in [3.8, 4) is 5.75 Å². The maximum Gasteiger partial charge on any atom is 0.319 e. The number of alkyl halides is 2. The number of halogens is 3. The third-order valence-corrected chi connectivity index (χ3v) is 4.66. The fraction of sp³-hybridized carbons (Fsp3) is 0.474. The molecule has 0 saturated carbocycles. The lowest BCUT2D eigenvalue weighted by molar-refractivity contribution is 0.0671. The predicted octanol–water partition coefficient (Wildman–Crippen LogP) is 3.19. The SMILES string of the molecule is CCNC(=NCc1nccn1C(F)F)N1CCN(c2cccc(OC)c2)CC1.I. The van der Waals surface area contributed by atoms with E-state index in [0.29, 0.717) is 6.54 Å². The molecule has 2 aromatic rings. The number of ether oxygens (including phenoxy) is 1. The Balaban J connectivity index is 0.00000300. The number of hydrogen-bond acceptors (Lipinski definition) is 4. The van der Waals surface area contributed by atoms with Crippen LogP contribution in [0.4, 0.5) is 14.5 Å². The standard InChI is InChI=1S/C19H26F2N6O.HI/c1-3-22-19(24-14-17-23-7-8-27(17)18(20)21)26-11-9-25(10-12-26)15-5-4-6-16(13-15)28-2;/h4-8,13,18H,3,9-12,14H2,1-2H3,(H,22,24);1H. The van der Waals surface area contributed by atoms with Gasteiger partial charge in [-0.05, 0) is 19.1 Å². The van der Waals surface area contributed by atoms with E-state index in [1.165, 1.54) is 12.4 Å². The molecule has 0 atom stereocenters. The second-order valence-corrected chi connectivity index (χ2v) is 6.37. The van der Waals surface area contributed by atoms with Crippen LogP contribution >= 0.6 is 24.0 Å². The largest absolute Gasteiger partial charge is 0.497 e.